The van der Waals surface area contributed by atoms with Crippen LogP contribution in [0.25, 0.3) is 0 Å². The molecule has 2 heterocycles. The van der Waals surface area contributed by atoms with Crippen molar-refractivity contribution in [3.05, 3.63) is 0 Å². The number of methoxy groups -OCH3 is 1. The van der Waals surface area contributed by atoms with Gasteiger partial charge >= 0.3 is 0 Å². The van der Waals surface area contributed by atoms with E-state index < -0.39 is 0 Å². The van der Waals surface area contributed by atoms with Crippen LogP contribution in [0.2, 0.25) is 0 Å². The Balaban J connectivity index is 0.00000182. The van der Waals surface area contributed by atoms with Crippen molar-refractivity contribution in [2.75, 3.05) is 46.6 Å². The number of nitrogens with zero attached hydrogens (tertiary/aromatic N) is 2. The van der Waals surface area contributed by atoms with Crippen molar-refractivity contribution in [2.24, 2.45) is 16.3 Å². The van der Waals surface area contributed by atoms with Gasteiger partial charge in [-0.25, -0.2) is 0 Å². The highest BCUT2D eigenvalue weighted by Gasteiger charge is 2.66. The fourth-order valence-corrected chi connectivity index (χ4v) is 5.18. The Morgan fingerprint density at radius 2 is 2.16 bits per heavy atom. The fourth-order valence-electron chi connectivity index (χ4n) is 5.18. The summed E-state index contributed by atoms with van der Waals surface area (Å²) >= 11 is 0. The second-order valence-electron chi connectivity index (χ2n) is 7.64. The third kappa shape index (κ3) is 3.41. The van der Waals surface area contributed by atoms with Crippen LogP contribution in [0.5, 0.6) is 0 Å². The minimum atomic E-state index is 0. The van der Waals surface area contributed by atoms with Gasteiger partial charge in [0.05, 0.1) is 25.4 Å². The summed E-state index contributed by atoms with van der Waals surface area (Å²) in [5.74, 6) is 1.73. The molecule has 4 unspecified atom stereocenters. The summed E-state index contributed by atoms with van der Waals surface area (Å²) in [5.41, 5.74) is 0.383. The monoisotopic (exact) mass is 465 g/mol. The summed E-state index contributed by atoms with van der Waals surface area (Å²) in [7, 11) is 1.73. The number of aliphatic imine (C=N–C) groups is 1. The quantitative estimate of drug-likeness (QED) is 0.391. The number of hydrogen-bond acceptors (Lipinski definition) is 4. The Morgan fingerprint density at radius 3 is 2.84 bits per heavy atom. The molecular formula is C18H32IN3O3. The van der Waals surface area contributed by atoms with Gasteiger partial charge in [-0.2, -0.15) is 0 Å². The van der Waals surface area contributed by atoms with Crippen LogP contribution in [0, 0.1) is 11.3 Å². The molecule has 4 atom stereocenters. The van der Waals surface area contributed by atoms with Crippen LogP contribution >= 0.6 is 24.0 Å². The normalized spacial score (nSPS) is 36.2. The van der Waals surface area contributed by atoms with Gasteiger partial charge in [0.25, 0.3) is 0 Å². The van der Waals surface area contributed by atoms with Crippen LogP contribution in [-0.2, 0) is 14.2 Å². The largest absolute Gasteiger partial charge is 0.382 e. The minimum absolute atomic E-state index is 0. The van der Waals surface area contributed by atoms with Crippen LogP contribution in [0.1, 0.15) is 32.6 Å². The van der Waals surface area contributed by atoms with Gasteiger partial charge in [-0.1, -0.05) is 6.42 Å². The number of fused-ring (bicyclic) bond motifs is 2. The summed E-state index contributed by atoms with van der Waals surface area (Å²) in [4.78, 5) is 7.15. The van der Waals surface area contributed by atoms with E-state index >= 15 is 0 Å². The van der Waals surface area contributed by atoms with Gasteiger partial charge in [-0.15, -0.1) is 24.0 Å². The molecule has 2 aliphatic heterocycles. The maximum atomic E-state index is 6.05. The van der Waals surface area contributed by atoms with Crippen LogP contribution in [0.4, 0.5) is 0 Å². The summed E-state index contributed by atoms with van der Waals surface area (Å²) in [6, 6.07) is 0.535. The molecule has 4 aliphatic rings. The minimum Gasteiger partial charge on any atom is -0.382 e. The molecule has 4 rings (SSSR count). The van der Waals surface area contributed by atoms with Crippen LogP contribution in [0.15, 0.2) is 4.99 Å². The molecule has 0 bridgehead atoms. The first-order chi connectivity index (χ1) is 11.8. The van der Waals surface area contributed by atoms with E-state index in [4.69, 9.17) is 19.2 Å². The van der Waals surface area contributed by atoms with Crippen molar-refractivity contribution in [3.8, 4) is 0 Å². The molecule has 6 nitrogen and oxygen atoms in total. The van der Waals surface area contributed by atoms with Crippen molar-refractivity contribution >= 4 is 29.9 Å². The average Bonchev–Trinajstić information content (AvgIpc) is 2.95. The predicted molar refractivity (Wildman–Crippen MR) is 108 cm³/mol. The highest BCUT2D eigenvalue weighted by atomic mass is 127. The third-order valence-electron chi connectivity index (χ3n) is 6.42. The summed E-state index contributed by atoms with van der Waals surface area (Å²) < 4.78 is 17.1. The van der Waals surface area contributed by atoms with Gasteiger partial charge in [0, 0.05) is 50.7 Å². The predicted octanol–water partition coefficient (Wildman–Crippen LogP) is 1.87. The number of rotatable bonds is 4. The van der Waals surface area contributed by atoms with Crippen molar-refractivity contribution < 1.29 is 14.2 Å². The molecule has 1 spiro atoms. The Kier molecular flexibility index (Phi) is 6.50. The van der Waals surface area contributed by atoms with E-state index in [0.717, 1.165) is 38.8 Å². The Labute approximate surface area is 168 Å². The first-order valence-corrected chi connectivity index (χ1v) is 9.56. The van der Waals surface area contributed by atoms with E-state index in [9.17, 15) is 0 Å². The van der Waals surface area contributed by atoms with E-state index in [1.54, 1.807) is 7.11 Å². The molecule has 25 heavy (non-hydrogen) atoms. The Morgan fingerprint density at radius 1 is 1.32 bits per heavy atom. The molecular weight excluding hydrogens is 433 g/mol. The molecule has 1 N–H and O–H groups in total. The zero-order chi connectivity index (χ0) is 16.6. The molecule has 0 aromatic rings. The molecule has 0 aromatic heterocycles. The van der Waals surface area contributed by atoms with Gasteiger partial charge in [0.1, 0.15) is 0 Å². The van der Waals surface area contributed by atoms with Crippen LogP contribution in [-0.4, -0.2) is 75.7 Å². The maximum Gasteiger partial charge on any atom is 0.194 e. The van der Waals surface area contributed by atoms with Gasteiger partial charge in [0.15, 0.2) is 5.96 Å². The smallest absolute Gasteiger partial charge is 0.194 e. The number of ether oxygens (including phenoxy) is 3. The van der Waals surface area contributed by atoms with E-state index in [1.807, 2.05) is 0 Å². The highest BCUT2D eigenvalue weighted by molar-refractivity contribution is 14.0. The molecule has 4 fully saturated rings. The van der Waals surface area contributed by atoms with Crippen molar-refractivity contribution in [1.82, 2.24) is 10.2 Å². The molecule has 2 aliphatic carbocycles. The third-order valence-corrected chi connectivity index (χ3v) is 6.42. The topological polar surface area (TPSA) is 55.3 Å². The van der Waals surface area contributed by atoms with Crippen molar-refractivity contribution in [3.63, 3.8) is 0 Å². The first kappa shape index (κ1) is 19.6. The number of guanidine groups is 1. The van der Waals surface area contributed by atoms with Crippen molar-refractivity contribution in [2.45, 2.75) is 50.9 Å². The Hall–Kier alpha value is -0.120. The second-order valence-corrected chi connectivity index (χ2v) is 7.64. The number of morpholine rings is 1. The molecule has 0 aromatic carbocycles. The van der Waals surface area contributed by atoms with Crippen LogP contribution in [0.3, 0.4) is 0 Å². The van der Waals surface area contributed by atoms with E-state index in [0.29, 0.717) is 30.1 Å². The summed E-state index contributed by atoms with van der Waals surface area (Å²) in [5, 5.41) is 3.85. The molecule has 2 saturated carbocycles. The summed E-state index contributed by atoms with van der Waals surface area (Å²) in [6.07, 6.45) is 5.78. The highest BCUT2D eigenvalue weighted by Crippen LogP contribution is 2.62. The lowest BCUT2D eigenvalue weighted by Gasteiger charge is -2.63. The number of hydrogen-bond donors (Lipinski definition) is 1. The van der Waals surface area contributed by atoms with Gasteiger partial charge in [0.2, 0.25) is 0 Å². The summed E-state index contributed by atoms with van der Waals surface area (Å²) in [6.45, 7) is 6.98. The second kappa shape index (κ2) is 8.27. The number of nitrogens with one attached hydrogen (secondary N) is 1. The lowest BCUT2D eigenvalue weighted by Crippen LogP contribution is -2.73. The molecule has 144 valence electrons. The number of halogens is 1. The zero-order valence-electron chi connectivity index (χ0n) is 15.4. The lowest BCUT2D eigenvalue weighted by molar-refractivity contribution is -0.171. The maximum absolute atomic E-state index is 6.05. The van der Waals surface area contributed by atoms with Gasteiger partial charge < -0.3 is 24.4 Å². The first-order valence-electron chi connectivity index (χ1n) is 9.56. The standard InChI is InChI=1S/C18H31N3O3.HI/c1-3-19-17(21-8-10-23-13(11-21)12-22-2)20-15-14-5-9-24-16(14)18(15)6-4-7-18;/h13-16H,3-12H2,1-2H3,(H,19,20);1H. The average molecular weight is 465 g/mol. The van der Waals surface area contributed by atoms with E-state index in [-0.39, 0.29) is 30.1 Å². The molecule has 2 saturated heterocycles. The molecule has 0 radical (unpaired) electrons. The van der Waals surface area contributed by atoms with Crippen molar-refractivity contribution in [1.29, 1.82) is 0 Å². The molecule has 7 heteroatoms. The SMILES string of the molecule is CCN=C(NC1C2CCOC2C12CCC2)N1CCOC(COC)C1.I. The van der Waals surface area contributed by atoms with E-state index in [1.165, 1.54) is 25.7 Å². The molecule has 0 amide bonds. The van der Waals surface area contributed by atoms with E-state index in [2.05, 4.69) is 17.1 Å². The van der Waals surface area contributed by atoms with Crippen LogP contribution < -0.4 is 5.32 Å². The lowest BCUT2D eigenvalue weighted by atomic mass is 9.46. The van der Waals surface area contributed by atoms with Gasteiger partial charge in [-0.05, 0) is 26.2 Å². The fraction of sp³-hybridized carbons (Fsp3) is 0.944. The van der Waals surface area contributed by atoms with Gasteiger partial charge in [-0.3, -0.25) is 4.99 Å². The Bertz CT molecular complexity index is 484. The zero-order valence-corrected chi connectivity index (χ0v) is 17.7.